The number of carbonyl (C=O) groups is 1. The van der Waals surface area contributed by atoms with Gasteiger partial charge in [-0.2, -0.15) is 0 Å². The number of hydrogen-bond donors (Lipinski definition) is 2. The van der Waals surface area contributed by atoms with E-state index >= 15 is 0 Å². The summed E-state index contributed by atoms with van der Waals surface area (Å²) in [4.78, 5) is 12.2. The van der Waals surface area contributed by atoms with E-state index in [2.05, 4.69) is 11.9 Å². The van der Waals surface area contributed by atoms with E-state index in [0.717, 1.165) is 5.57 Å². The van der Waals surface area contributed by atoms with Crippen molar-refractivity contribution in [2.45, 2.75) is 47.9 Å². The molecule has 2 rings (SSSR count). The van der Waals surface area contributed by atoms with E-state index in [1.54, 1.807) is 6.08 Å². The predicted molar refractivity (Wildman–Crippen MR) is 94.2 cm³/mol. The molecule has 0 spiro atoms. The molecule has 1 fully saturated rings. The van der Waals surface area contributed by atoms with Gasteiger partial charge in [0, 0.05) is 5.92 Å². The van der Waals surface area contributed by atoms with Gasteiger partial charge in [-0.1, -0.05) is 47.0 Å². The van der Waals surface area contributed by atoms with Crippen molar-refractivity contribution in [1.82, 2.24) is 5.32 Å². The summed E-state index contributed by atoms with van der Waals surface area (Å²) in [5.41, 5.74) is 0.0163. The third-order valence-electron chi connectivity index (χ3n) is 4.52. The van der Waals surface area contributed by atoms with Gasteiger partial charge in [0.25, 0.3) is 9.70 Å². The van der Waals surface area contributed by atoms with Gasteiger partial charge in [0.15, 0.2) is 5.79 Å². The van der Waals surface area contributed by atoms with E-state index in [1.165, 1.54) is 0 Å². The van der Waals surface area contributed by atoms with E-state index < -0.39 is 21.0 Å². The largest absolute Gasteiger partial charge is 0.392 e. The van der Waals surface area contributed by atoms with Gasteiger partial charge in [-0.05, 0) is 32.3 Å². The minimum absolute atomic E-state index is 0.0565. The van der Waals surface area contributed by atoms with Crippen molar-refractivity contribution < 1.29 is 19.4 Å². The third kappa shape index (κ3) is 4.26. The molecule has 2 N–H and O–H groups in total. The van der Waals surface area contributed by atoms with Gasteiger partial charge in [-0.25, -0.2) is 0 Å². The highest BCUT2D eigenvalue weighted by molar-refractivity contribution is 6.76. The Morgan fingerprint density at radius 1 is 1.54 bits per heavy atom. The van der Waals surface area contributed by atoms with Crippen LogP contribution in [0.2, 0.25) is 0 Å². The van der Waals surface area contributed by atoms with Crippen LogP contribution in [-0.2, 0) is 14.3 Å². The normalized spacial score (nSPS) is 33.0. The van der Waals surface area contributed by atoms with Crippen LogP contribution in [0.5, 0.6) is 0 Å². The van der Waals surface area contributed by atoms with Crippen LogP contribution in [0.25, 0.3) is 0 Å². The Morgan fingerprint density at radius 2 is 2.21 bits per heavy atom. The first-order valence-corrected chi connectivity index (χ1v) is 8.80. The minimum atomic E-state index is -2.08. The van der Waals surface area contributed by atoms with Gasteiger partial charge >= 0.3 is 0 Å². The number of hydrogen-bond acceptors (Lipinski definition) is 4. The van der Waals surface area contributed by atoms with Gasteiger partial charge in [0.05, 0.1) is 24.9 Å². The third-order valence-corrected chi connectivity index (χ3v) is 5.04. The number of aliphatic hydroxyl groups excluding tert-OH is 1. The van der Waals surface area contributed by atoms with Crippen LogP contribution in [0.3, 0.4) is 0 Å². The number of ether oxygens (including phenoxy) is 2. The molecule has 1 unspecified atom stereocenters. The molecule has 0 radical (unpaired) electrons. The predicted octanol–water partition coefficient (Wildman–Crippen LogP) is 2.88. The second kappa shape index (κ2) is 7.14. The lowest BCUT2D eigenvalue weighted by Crippen LogP contribution is -2.59. The molecule has 2 aliphatic rings. The summed E-state index contributed by atoms with van der Waals surface area (Å²) in [6, 6.07) is 0. The maximum Gasteiger partial charge on any atom is 0.272 e. The molecule has 1 heterocycles. The van der Waals surface area contributed by atoms with E-state index in [4.69, 9.17) is 44.3 Å². The highest BCUT2D eigenvalue weighted by Crippen LogP contribution is 2.42. The Bertz CT molecular complexity index is 544. The molecule has 0 aromatic rings. The average Bonchev–Trinajstić information content (AvgIpc) is 2.86. The van der Waals surface area contributed by atoms with E-state index in [9.17, 15) is 9.90 Å². The molecule has 1 amide bonds. The lowest BCUT2D eigenvalue weighted by molar-refractivity contribution is -0.148. The van der Waals surface area contributed by atoms with E-state index in [0.29, 0.717) is 19.4 Å². The molecule has 3 atom stereocenters. The number of nitrogens with one attached hydrogen (secondary N) is 1. The molecule has 0 bridgehead atoms. The summed E-state index contributed by atoms with van der Waals surface area (Å²) in [6.45, 7) is 7.84. The molecule has 1 aliphatic carbocycles. The Kier molecular flexibility index (Phi) is 5.95. The number of halogens is 3. The van der Waals surface area contributed by atoms with Crippen LogP contribution in [0.15, 0.2) is 24.3 Å². The first-order chi connectivity index (χ1) is 11.0. The average molecular weight is 399 g/mol. The first kappa shape index (κ1) is 20.0. The Hall–Kier alpha value is -0.300. The molecule has 24 heavy (non-hydrogen) atoms. The molecule has 0 aromatic carbocycles. The Labute approximate surface area is 156 Å². The zero-order chi connectivity index (χ0) is 18.2. The van der Waals surface area contributed by atoms with Crippen molar-refractivity contribution in [2.24, 2.45) is 5.92 Å². The molecule has 8 heteroatoms. The number of alkyl halides is 3. The van der Waals surface area contributed by atoms with Gasteiger partial charge < -0.3 is 19.9 Å². The lowest BCUT2D eigenvalue weighted by atomic mass is 9.70. The second-order valence-corrected chi connectivity index (χ2v) is 8.88. The number of aliphatic hydroxyl groups is 1. The minimum Gasteiger partial charge on any atom is -0.392 e. The molecule has 1 aliphatic heterocycles. The van der Waals surface area contributed by atoms with Gasteiger partial charge in [-0.15, -0.1) is 6.58 Å². The lowest BCUT2D eigenvalue weighted by Gasteiger charge is -2.44. The van der Waals surface area contributed by atoms with Crippen LogP contribution >= 0.6 is 34.8 Å². The number of rotatable bonds is 4. The molecule has 1 saturated heterocycles. The SMILES string of the molecule is C=C[C@]1(NC(=O)C(Cl)(Cl)Cl)CC=C(CO)CC1[C@H]1COC(C)(C)O1. The van der Waals surface area contributed by atoms with Gasteiger partial charge in [0.2, 0.25) is 0 Å². The summed E-state index contributed by atoms with van der Waals surface area (Å²) in [5, 5.41) is 12.3. The molecular formula is C16H22Cl3NO4. The molecule has 5 nitrogen and oxygen atoms in total. The summed E-state index contributed by atoms with van der Waals surface area (Å²) < 4.78 is 9.56. The fourth-order valence-corrected chi connectivity index (χ4v) is 3.37. The van der Waals surface area contributed by atoms with Gasteiger partial charge in [-0.3, -0.25) is 4.79 Å². The van der Waals surface area contributed by atoms with E-state index in [1.807, 2.05) is 19.9 Å². The van der Waals surface area contributed by atoms with Gasteiger partial charge in [0.1, 0.15) is 0 Å². The fourth-order valence-electron chi connectivity index (χ4n) is 3.23. The molecule has 136 valence electrons. The highest BCUT2D eigenvalue weighted by Gasteiger charge is 2.50. The second-order valence-electron chi connectivity index (χ2n) is 6.60. The summed E-state index contributed by atoms with van der Waals surface area (Å²) in [5.74, 6) is -1.64. The van der Waals surface area contributed by atoms with Crippen LogP contribution in [-0.4, -0.2) is 45.5 Å². The van der Waals surface area contributed by atoms with Crippen LogP contribution < -0.4 is 5.32 Å². The number of amides is 1. The zero-order valence-corrected chi connectivity index (χ0v) is 15.9. The van der Waals surface area contributed by atoms with Crippen LogP contribution in [0.1, 0.15) is 26.7 Å². The standard InChI is InChI=1S/C16H22Cl3NO4/c1-4-15(20-13(22)16(17,18)19)6-5-10(8-21)7-11(15)12-9-23-14(2,3)24-12/h4-5,11-12,21H,1,6-9H2,2-3H3,(H,20,22)/t11?,12-,15+/m1/s1. The van der Waals surface area contributed by atoms with Crippen molar-refractivity contribution in [3.8, 4) is 0 Å². The maximum atomic E-state index is 12.2. The molecule has 0 aromatic heterocycles. The maximum absolute atomic E-state index is 12.2. The number of carbonyl (C=O) groups excluding carboxylic acids is 1. The van der Waals surface area contributed by atoms with Crippen molar-refractivity contribution in [3.05, 3.63) is 24.3 Å². The molecule has 0 saturated carbocycles. The Morgan fingerprint density at radius 3 is 2.67 bits per heavy atom. The summed E-state index contributed by atoms with van der Waals surface area (Å²) in [6.07, 6.45) is 4.17. The van der Waals surface area contributed by atoms with Crippen molar-refractivity contribution >= 4 is 40.7 Å². The Balaban J connectivity index is 2.33. The van der Waals surface area contributed by atoms with Crippen molar-refractivity contribution in [1.29, 1.82) is 0 Å². The highest BCUT2D eigenvalue weighted by atomic mass is 35.6. The molecular weight excluding hydrogens is 377 g/mol. The summed E-state index contributed by atoms with van der Waals surface area (Å²) in [7, 11) is 0. The quantitative estimate of drug-likeness (QED) is 0.564. The summed E-state index contributed by atoms with van der Waals surface area (Å²) >= 11 is 17.1. The van der Waals surface area contributed by atoms with Crippen LogP contribution in [0.4, 0.5) is 0 Å². The fraction of sp³-hybridized carbons (Fsp3) is 0.688. The smallest absolute Gasteiger partial charge is 0.272 e. The van der Waals surface area contributed by atoms with Crippen molar-refractivity contribution in [3.63, 3.8) is 0 Å². The zero-order valence-electron chi connectivity index (χ0n) is 13.7. The van der Waals surface area contributed by atoms with Crippen LogP contribution in [0, 0.1) is 5.92 Å². The first-order valence-electron chi connectivity index (χ1n) is 7.66. The van der Waals surface area contributed by atoms with E-state index in [-0.39, 0.29) is 18.6 Å². The van der Waals surface area contributed by atoms with Crippen molar-refractivity contribution in [2.75, 3.05) is 13.2 Å². The topological polar surface area (TPSA) is 67.8 Å². The monoisotopic (exact) mass is 397 g/mol.